The molecule has 0 saturated carbocycles. The van der Waals surface area contributed by atoms with Gasteiger partial charge in [-0.3, -0.25) is 4.79 Å². The van der Waals surface area contributed by atoms with Crippen molar-refractivity contribution >= 4 is 0 Å². The molecule has 0 aliphatic heterocycles. The Labute approximate surface area is 92.9 Å². The number of hydrogen-bond acceptors (Lipinski definition) is 3. The standard InChI is InChI=1S/C12H12N2O2/c1-16-8-9-4-2-3-5-10(9)11-12(15)14-7-6-13-11/h2-7H,8H2,1H3,(H,14,15). The first-order chi connectivity index (χ1) is 7.83. The maximum absolute atomic E-state index is 11.6. The van der Waals surface area contributed by atoms with Crippen LogP contribution < -0.4 is 5.56 Å². The van der Waals surface area contributed by atoms with Crippen molar-refractivity contribution in [1.29, 1.82) is 0 Å². The number of aromatic nitrogens is 2. The number of rotatable bonds is 3. The van der Waals surface area contributed by atoms with Gasteiger partial charge in [0.2, 0.25) is 0 Å². The Morgan fingerprint density at radius 1 is 1.38 bits per heavy atom. The Balaban J connectivity index is 2.56. The third-order valence-electron chi connectivity index (χ3n) is 2.28. The molecule has 2 rings (SSSR count). The Hall–Kier alpha value is -1.94. The fourth-order valence-corrected chi connectivity index (χ4v) is 1.58. The summed E-state index contributed by atoms with van der Waals surface area (Å²) >= 11 is 0. The summed E-state index contributed by atoms with van der Waals surface area (Å²) in [5.74, 6) is 0. The minimum absolute atomic E-state index is 0.189. The highest BCUT2D eigenvalue weighted by Gasteiger charge is 2.08. The second kappa shape index (κ2) is 4.72. The first-order valence-corrected chi connectivity index (χ1v) is 4.94. The number of hydrogen-bond donors (Lipinski definition) is 1. The molecule has 1 N–H and O–H groups in total. The smallest absolute Gasteiger partial charge is 0.274 e. The second-order valence-corrected chi connectivity index (χ2v) is 3.36. The molecule has 0 unspecified atom stereocenters. The summed E-state index contributed by atoms with van der Waals surface area (Å²) in [6.07, 6.45) is 3.09. The molecule has 1 aromatic heterocycles. The minimum Gasteiger partial charge on any atom is -0.380 e. The van der Waals surface area contributed by atoms with E-state index in [1.54, 1.807) is 13.3 Å². The molecule has 0 spiro atoms. The van der Waals surface area contributed by atoms with Crippen LogP contribution in [0.3, 0.4) is 0 Å². The number of methoxy groups -OCH3 is 1. The van der Waals surface area contributed by atoms with Gasteiger partial charge in [-0.1, -0.05) is 24.3 Å². The summed E-state index contributed by atoms with van der Waals surface area (Å²) in [6, 6.07) is 7.58. The lowest BCUT2D eigenvalue weighted by Gasteiger charge is -2.06. The fraction of sp³-hybridized carbons (Fsp3) is 0.167. The van der Waals surface area contributed by atoms with Crippen LogP contribution in [-0.4, -0.2) is 17.1 Å². The Kier molecular flexibility index (Phi) is 3.12. The first kappa shape index (κ1) is 10.6. The van der Waals surface area contributed by atoms with Crippen molar-refractivity contribution in [2.75, 3.05) is 7.11 Å². The van der Waals surface area contributed by atoms with Crippen molar-refractivity contribution in [1.82, 2.24) is 9.97 Å². The van der Waals surface area contributed by atoms with Gasteiger partial charge in [-0.15, -0.1) is 0 Å². The quantitative estimate of drug-likeness (QED) is 0.847. The van der Waals surface area contributed by atoms with Crippen molar-refractivity contribution in [2.45, 2.75) is 6.61 Å². The van der Waals surface area contributed by atoms with Crippen LogP contribution in [0.25, 0.3) is 11.3 Å². The maximum atomic E-state index is 11.6. The molecule has 2 aromatic rings. The van der Waals surface area contributed by atoms with E-state index in [0.29, 0.717) is 12.3 Å². The van der Waals surface area contributed by atoms with Gasteiger partial charge in [0, 0.05) is 25.1 Å². The fourth-order valence-electron chi connectivity index (χ4n) is 1.58. The predicted molar refractivity (Wildman–Crippen MR) is 61.0 cm³/mol. The van der Waals surface area contributed by atoms with E-state index in [1.165, 1.54) is 6.20 Å². The average molecular weight is 216 g/mol. The van der Waals surface area contributed by atoms with Crippen LogP contribution in [0, 0.1) is 0 Å². The Morgan fingerprint density at radius 2 is 2.19 bits per heavy atom. The van der Waals surface area contributed by atoms with Gasteiger partial charge in [0.15, 0.2) is 0 Å². The summed E-state index contributed by atoms with van der Waals surface area (Å²) in [5, 5.41) is 0. The molecule has 4 nitrogen and oxygen atoms in total. The Morgan fingerprint density at radius 3 is 2.94 bits per heavy atom. The predicted octanol–water partition coefficient (Wildman–Crippen LogP) is 1.58. The van der Waals surface area contributed by atoms with Crippen LogP contribution in [0.1, 0.15) is 5.56 Å². The van der Waals surface area contributed by atoms with Gasteiger partial charge in [0.1, 0.15) is 5.69 Å². The van der Waals surface area contributed by atoms with E-state index in [9.17, 15) is 4.79 Å². The molecule has 1 heterocycles. The van der Waals surface area contributed by atoms with E-state index in [-0.39, 0.29) is 5.56 Å². The monoisotopic (exact) mass is 216 g/mol. The molecule has 1 aromatic carbocycles. The summed E-state index contributed by atoms with van der Waals surface area (Å²) < 4.78 is 5.09. The highest BCUT2D eigenvalue weighted by atomic mass is 16.5. The van der Waals surface area contributed by atoms with Gasteiger partial charge in [0.05, 0.1) is 6.61 Å². The SMILES string of the molecule is COCc1ccccc1-c1ncc[nH]c1=O. The van der Waals surface area contributed by atoms with E-state index < -0.39 is 0 Å². The highest BCUT2D eigenvalue weighted by Crippen LogP contribution is 2.18. The molecule has 0 saturated heterocycles. The molecule has 16 heavy (non-hydrogen) atoms. The van der Waals surface area contributed by atoms with Gasteiger partial charge >= 0.3 is 0 Å². The number of H-pyrrole nitrogens is 1. The average Bonchev–Trinajstić information content (AvgIpc) is 2.31. The molecule has 0 amide bonds. The van der Waals surface area contributed by atoms with E-state index in [1.807, 2.05) is 24.3 Å². The van der Waals surface area contributed by atoms with E-state index >= 15 is 0 Å². The zero-order chi connectivity index (χ0) is 11.4. The number of ether oxygens (including phenoxy) is 1. The zero-order valence-electron chi connectivity index (χ0n) is 8.93. The summed E-state index contributed by atoms with van der Waals surface area (Å²) in [7, 11) is 1.62. The molecule has 0 atom stereocenters. The molecule has 0 aliphatic rings. The van der Waals surface area contributed by atoms with Gasteiger partial charge in [0.25, 0.3) is 5.56 Å². The number of nitrogens with zero attached hydrogens (tertiary/aromatic N) is 1. The zero-order valence-corrected chi connectivity index (χ0v) is 8.93. The minimum atomic E-state index is -0.189. The van der Waals surface area contributed by atoms with Crippen LogP contribution in [0.4, 0.5) is 0 Å². The normalized spacial score (nSPS) is 10.3. The Bertz CT molecular complexity index is 534. The van der Waals surface area contributed by atoms with Crippen molar-refractivity contribution in [3.8, 4) is 11.3 Å². The van der Waals surface area contributed by atoms with E-state index in [4.69, 9.17) is 4.74 Å². The highest BCUT2D eigenvalue weighted by molar-refractivity contribution is 5.62. The van der Waals surface area contributed by atoms with Crippen LogP contribution in [0.15, 0.2) is 41.5 Å². The van der Waals surface area contributed by atoms with Crippen LogP contribution in [-0.2, 0) is 11.3 Å². The maximum Gasteiger partial charge on any atom is 0.274 e. The topological polar surface area (TPSA) is 55.0 Å². The van der Waals surface area contributed by atoms with Gasteiger partial charge in [-0.2, -0.15) is 0 Å². The second-order valence-electron chi connectivity index (χ2n) is 3.36. The lowest BCUT2D eigenvalue weighted by Crippen LogP contribution is -2.10. The molecule has 0 bridgehead atoms. The van der Waals surface area contributed by atoms with Gasteiger partial charge in [-0.05, 0) is 5.56 Å². The van der Waals surface area contributed by atoms with E-state index in [2.05, 4.69) is 9.97 Å². The van der Waals surface area contributed by atoms with Crippen LogP contribution >= 0.6 is 0 Å². The third kappa shape index (κ3) is 2.01. The lowest BCUT2D eigenvalue weighted by molar-refractivity contribution is 0.185. The first-order valence-electron chi connectivity index (χ1n) is 4.94. The number of nitrogens with one attached hydrogen (secondary N) is 1. The van der Waals surface area contributed by atoms with Gasteiger partial charge in [-0.25, -0.2) is 4.98 Å². The van der Waals surface area contributed by atoms with Crippen LogP contribution in [0.2, 0.25) is 0 Å². The van der Waals surface area contributed by atoms with Crippen molar-refractivity contribution in [3.05, 3.63) is 52.6 Å². The van der Waals surface area contributed by atoms with E-state index in [0.717, 1.165) is 11.1 Å². The molecule has 0 radical (unpaired) electrons. The molecular formula is C12H12N2O2. The largest absolute Gasteiger partial charge is 0.380 e. The van der Waals surface area contributed by atoms with Crippen molar-refractivity contribution < 1.29 is 4.74 Å². The lowest BCUT2D eigenvalue weighted by atomic mass is 10.1. The molecular weight excluding hydrogens is 204 g/mol. The number of benzene rings is 1. The van der Waals surface area contributed by atoms with Crippen LogP contribution in [0.5, 0.6) is 0 Å². The van der Waals surface area contributed by atoms with Crippen molar-refractivity contribution in [2.24, 2.45) is 0 Å². The summed E-state index contributed by atoms with van der Waals surface area (Å²) in [6.45, 7) is 0.464. The molecule has 0 aliphatic carbocycles. The molecule has 4 heteroatoms. The molecule has 82 valence electrons. The third-order valence-corrected chi connectivity index (χ3v) is 2.28. The number of aromatic amines is 1. The summed E-state index contributed by atoms with van der Waals surface area (Å²) in [4.78, 5) is 18.3. The summed E-state index contributed by atoms with van der Waals surface area (Å²) in [5.41, 5.74) is 2.00. The van der Waals surface area contributed by atoms with Crippen molar-refractivity contribution in [3.63, 3.8) is 0 Å². The molecule has 0 fully saturated rings. The van der Waals surface area contributed by atoms with Gasteiger partial charge < -0.3 is 9.72 Å².